The van der Waals surface area contributed by atoms with Gasteiger partial charge in [-0.1, -0.05) is 23.6 Å². The van der Waals surface area contributed by atoms with Crippen LogP contribution in [-0.2, 0) is 19.6 Å². The van der Waals surface area contributed by atoms with Gasteiger partial charge in [0.1, 0.15) is 4.90 Å². The predicted molar refractivity (Wildman–Crippen MR) is 71.8 cm³/mol. The number of ether oxygens (including phenoxy) is 1. The summed E-state index contributed by atoms with van der Waals surface area (Å²) in [7, 11) is -4.35. The molecule has 5 nitrogen and oxygen atoms in total. The molecule has 0 bridgehead atoms. The lowest BCUT2D eigenvalue weighted by atomic mass is 9.93. The second-order valence-corrected chi connectivity index (χ2v) is 6.08. The number of benzene rings is 1. The van der Waals surface area contributed by atoms with Crippen LogP contribution in [-0.4, -0.2) is 25.5 Å². The Balaban J connectivity index is 2.64. The number of carbonyl (C=O) groups is 1. The van der Waals surface area contributed by atoms with E-state index in [1.165, 1.54) is 0 Å². The Kier molecular flexibility index (Phi) is 3.84. The smallest absolute Gasteiger partial charge is 0.384 e. The van der Waals surface area contributed by atoms with E-state index < -0.39 is 22.0 Å². The molecule has 0 aliphatic carbocycles. The number of cyclic esters (lactones) is 1. The number of aryl methyl sites for hydroxylation is 2. The fourth-order valence-electron chi connectivity index (χ4n) is 2.36. The second-order valence-electron chi connectivity index (χ2n) is 4.72. The zero-order valence-corrected chi connectivity index (χ0v) is 12.0. The van der Waals surface area contributed by atoms with Crippen LogP contribution in [0.15, 0.2) is 17.0 Å². The fourth-order valence-corrected chi connectivity index (χ4v) is 3.32. The van der Waals surface area contributed by atoms with E-state index >= 15 is 0 Å². The Bertz CT molecular complexity index is 722. The molecular weight excluding hydrogens is 280 g/mol. The van der Waals surface area contributed by atoms with Crippen molar-refractivity contribution in [2.24, 2.45) is 0 Å². The Morgan fingerprint density at radius 1 is 1.35 bits per heavy atom. The van der Waals surface area contributed by atoms with Gasteiger partial charge in [-0.15, -0.1) is 0 Å². The zero-order chi connectivity index (χ0) is 14.9. The minimum Gasteiger partial charge on any atom is -0.456 e. The van der Waals surface area contributed by atoms with Gasteiger partial charge in [-0.05, 0) is 31.4 Å². The highest BCUT2D eigenvalue weighted by atomic mass is 32.2. The van der Waals surface area contributed by atoms with E-state index in [1.54, 1.807) is 19.1 Å². The summed E-state index contributed by atoms with van der Waals surface area (Å²) in [4.78, 5) is 11.0. The predicted octanol–water partition coefficient (Wildman–Crippen LogP) is 1.58. The first-order chi connectivity index (χ1) is 9.29. The molecule has 1 atom stereocenters. The number of carbonyl (C=O) groups excluding carboxylic acids is 1. The third kappa shape index (κ3) is 3.00. The van der Waals surface area contributed by atoms with Crippen molar-refractivity contribution in [3.63, 3.8) is 0 Å². The van der Waals surface area contributed by atoms with Crippen molar-refractivity contribution in [1.82, 2.24) is 0 Å². The van der Waals surface area contributed by atoms with Crippen LogP contribution >= 0.6 is 0 Å². The number of hydrogen-bond acceptors (Lipinski definition) is 4. The highest BCUT2D eigenvalue weighted by Crippen LogP contribution is 2.30. The van der Waals surface area contributed by atoms with Crippen molar-refractivity contribution < 1.29 is 22.5 Å². The molecule has 1 aliphatic heterocycles. The van der Waals surface area contributed by atoms with E-state index in [0.717, 1.165) is 5.56 Å². The summed E-state index contributed by atoms with van der Waals surface area (Å²) >= 11 is 0. The summed E-state index contributed by atoms with van der Waals surface area (Å²) < 4.78 is 37.4. The van der Waals surface area contributed by atoms with Gasteiger partial charge in [0.15, 0.2) is 0 Å². The topological polar surface area (TPSA) is 80.7 Å². The van der Waals surface area contributed by atoms with Gasteiger partial charge in [-0.25, -0.2) is 4.79 Å². The van der Waals surface area contributed by atoms with Crippen molar-refractivity contribution in [3.05, 3.63) is 28.8 Å². The van der Waals surface area contributed by atoms with Gasteiger partial charge in [0, 0.05) is 5.92 Å². The molecule has 1 aliphatic rings. The SMILES string of the molecule is Cc1cc(C)c(S(=O)(=O)O)c(C2C#CC(=O)OCC2)c1. The van der Waals surface area contributed by atoms with E-state index in [-0.39, 0.29) is 11.5 Å². The zero-order valence-electron chi connectivity index (χ0n) is 11.1. The third-order valence-corrected chi connectivity index (χ3v) is 4.14. The molecule has 20 heavy (non-hydrogen) atoms. The van der Waals surface area contributed by atoms with Crippen molar-refractivity contribution >= 4 is 16.1 Å². The Labute approximate surface area is 117 Å². The monoisotopic (exact) mass is 294 g/mol. The first kappa shape index (κ1) is 14.6. The number of hydrogen-bond donors (Lipinski definition) is 1. The fraction of sp³-hybridized carbons (Fsp3) is 0.357. The summed E-state index contributed by atoms with van der Waals surface area (Å²) in [5.41, 5.74) is 1.74. The molecule has 0 fully saturated rings. The maximum absolute atomic E-state index is 11.6. The molecule has 1 unspecified atom stereocenters. The van der Waals surface area contributed by atoms with E-state index in [1.807, 2.05) is 6.92 Å². The molecule has 0 amide bonds. The normalized spacial score (nSPS) is 18.8. The summed E-state index contributed by atoms with van der Waals surface area (Å²) in [5, 5.41) is 0. The van der Waals surface area contributed by atoms with E-state index in [9.17, 15) is 17.8 Å². The van der Waals surface area contributed by atoms with E-state index in [0.29, 0.717) is 17.5 Å². The summed E-state index contributed by atoms with van der Waals surface area (Å²) in [6, 6.07) is 3.35. The molecule has 6 heteroatoms. The number of esters is 1. The van der Waals surface area contributed by atoms with Gasteiger partial charge in [0.2, 0.25) is 0 Å². The van der Waals surface area contributed by atoms with Crippen molar-refractivity contribution in [1.29, 1.82) is 0 Å². The van der Waals surface area contributed by atoms with Crippen LogP contribution in [0.25, 0.3) is 0 Å². The van der Waals surface area contributed by atoms with Crippen LogP contribution in [0, 0.1) is 25.7 Å². The first-order valence-corrected chi connectivity index (χ1v) is 7.50. The van der Waals surface area contributed by atoms with Crippen LogP contribution in [0.1, 0.15) is 29.0 Å². The van der Waals surface area contributed by atoms with Gasteiger partial charge in [-0.3, -0.25) is 4.55 Å². The van der Waals surface area contributed by atoms with Crippen LogP contribution in [0.5, 0.6) is 0 Å². The lowest BCUT2D eigenvalue weighted by Gasteiger charge is -2.16. The molecule has 0 aromatic heterocycles. The summed E-state index contributed by atoms with van der Waals surface area (Å²) in [6.07, 6.45) is 0.393. The molecule has 1 heterocycles. The minimum atomic E-state index is -4.35. The van der Waals surface area contributed by atoms with Crippen LogP contribution in [0.4, 0.5) is 0 Å². The molecule has 1 aromatic carbocycles. The van der Waals surface area contributed by atoms with Crippen molar-refractivity contribution in [2.75, 3.05) is 6.61 Å². The van der Waals surface area contributed by atoms with E-state index in [2.05, 4.69) is 11.8 Å². The Morgan fingerprint density at radius 3 is 2.70 bits per heavy atom. The lowest BCUT2D eigenvalue weighted by Crippen LogP contribution is -2.10. The average molecular weight is 294 g/mol. The van der Waals surface area contributed by atoms with Gasteiger partial charge in [0.05, 0.1) is 12.5 Å². The highest BCUT2D eigenvalue weighted by Gasteiger charge is 2.25. The van der Waals surface area contributed by atoms with Crippen molar-refractivity contribution in [2.45, 2.75) is 31.1 Å². The van der Waals surface area contributed by atoms with Gasteiger partial charge in [0.25, 0.3) is 10.1 Å². The lowest BCUT2D eigenvalue weighted by molar-refractivity contribution is -0.136. The first-order valence-electron chi connectivity index (χ1n) is 6.06. The van der Waals surface area contributed by atoms with Gasteiger partial charge < -0.3 is 4.74 Å². The van der Waals surface area contributed by atoms with Gasteiger partial charge in [-0.2, -0.15) is 8.42 Å². The quantitative estimate of drug-likeness (QED) is 0.388. The molecule has 0 saturated carbocycles. The molecule has 0 saturated heterocycles. The second kappa shape index (κ2) is 5.27. The maximum atomic E-state index is 11.6. The van der Waals surface area contributed by atoms with Crippen LogP contribution in [0.3, 0.4) is 0 Å². The molecule has 1 aromatic rings. The molecule has 106 valence electrons. The third-order valence-electron chi connectivity index (χ3n) is 3.07. The molecular formula is C14H14O5S. The van der Waals surface area contributed by atoms with Crippen LogP contribution < -0.4 is 0 Å². The average Bonchev–Trinajstić information content (AvgIpc) is 2.51. The van der Waals surface area contributed by atoms with E-state index in [4.69, 9.17) is 4.74 Å². The Morgan fingerprint density at radius 2 is 2.05 bits per heavy atom. The standard InChI is InChI=1S/C14H14O5S/c1-9-7-10(2)14(20(16,17)18)12(8-9)11-3-4-13(15)19-6-5-11/h7-8,11H,5-6H2,1-2H3,(H,16,17,18). The largest absolute Gasteiger partial charge is 0.456 e. The Hall–Kier alpha value is -1.84. The molecule has 1 N–H and O–H groups in total. The molecule has 0 radical (unpaired) electrons. The van der Waals surface area contributed by atoms with Crippen molar-refractivity contribution in [3.8, 4) is 11.8 Å². The summed E-state index contributed by atoms with van der Waals surface area (Å²) in [5.74, 6) is 3.96. The van der Waals surface area contributed by atoms with Crippen LogP contribution in [0.2, 0.25) is 0 Å². The summed E-state index contributed by atoms with van der Waals surface area (Å²) in [6.45, 7) is 3.60. The molecule has 2 rings (SSSR count). The maximum Gasteiger partial charge on any atom is 0.384 e. The number of rotatable bonds is 2. The van der Waals surface area contributed by atoms with Gasteiger partial charge >= 0.3 is 5.97 Å². The minimum absolute atomic E-state index is 0.128. The molecule has 0 spiro atoms. The highest BCUT2D eigenvalue weighted by molar-refractivity contribution is 7.86.